The van der Waals surface area contributed by atoms with Crippen molar-refractivity contribution in [2.24, 2.45) is 0 Å². The summed E-state index contributed by atoms with van der Waals surface area (Å²) in [4.78, 5) is 2.11. The number of rotatable bonds is 10. The Labute approximate surface area is 144 Å². The lowest BCUT2D eigenvalue weighted by atomic mass is 10.1. The fraction of sp³-hybridized carbons (Fsp3) is 0.333. The van der Waals surface area contributed by atoms with E-state index in [9.17, 15) is 5.11 Å². The Morgan fingerprint density at radius 1 is 1.12 bits per heavy atom. The third-order valence-electron chi connectivity index (χ3n) is 3.55. The van der Waals surface area contributed by atoms with Crippen molar-refractivity contribution in [3.8, 4) is 5.75 Å². The van der Waals surface area contributed by atoms with Gasteiger partial charge in [-0.15, -0.1) is 0 Å². The van der Waals surface area contributed by atoms with Crippen molar-refractivity contribution in [3.05, 3.63) is 65.2 Å². The maximum Gasteiger partial charge on any atom is 0.396 e. The Bertz CT molecular complexity index is 610. The third kappa shape index (κ3) is 5.98. The Balaban J connectivity index is 1.94. The van der Waals surface area contributed by atoms with E-state index in [4.69, 9.17) is 9.39 Å². The van der Waals surface area contributed by atoms with Gasteiger partial charge in [0.05, 0.1) is 6.61 Å². The highest BCUT2D eigenvalue weighted by Crippen LogP contribution is 2.22. The number of hydrogen-bond acceptors (Lipinski definition) is 5. The van der Waals surface area contributed by atoms with Crippen LogP contribution in [0, 0.1) is 0 Å². The van der Waals surface area contributed by atoms with E-state index in [0.717, 1.165) is 29.0 Å². The molecule has 2 rings (SSSR count). The molecule has 5 nitrogen and oxygen atoms in total. The van der Waals surface area contributed by atoms with Crippen molar-refractivity contribution in [3.63, 3.8) is 0 Å². The molecule has 2 N–H and O–H groups in total. The smallest absolute Gasteiger partial charge is 0.396 e. The van der Waals surface area contributed by atoms with Crippen LogP contribution in [-0.4, -0.2) is 38.4 Å². The van der Waals surface area contributed by atoms with Crippen molar-refractivity contribution in [2.75, 3.05) is 20.8 Å². The Morgan fingerprint density at radius 2 is 1.92 bits per heavy atom. The average Bonchev–Trinajstić information content (AvgIpc) is 2.61. The van der Waals surface area contributed by atoms with E-state index >= 15 is 0 Å². The molecule has 0 saturated heterocycles. The van der Waals surface area contributed by atoms with Gasteiger partial charge in [0.25, 0.3) is 0 Å². The van der Waals surface area contributed by atoms with E-state index in [1.54, 1.807) is 14.7 Å². The predicted octanol–water partition coefficient (Wildman–Crippen LogP) is 1.92. The van der Waals surface area contributed by atoms with Gasteiger partial charge in [-0.05, 0) is 30.3 Å². The van der Waals surface area contributed by atoms with Gasteiger partial charge < -0.3 is 19.7 Å². The molecule has 24 heavy (non-hydrogen) atoms. The number of hydrogen-bond donors (Lipinski definition) is 2. The van der Waals surface area contributed by atoms with Gasteiger partial charge >= 0.3 is 7.62 Å². The molecule has 0 aliphatic carbocycles. The zero-order valence-corrected chi connectivity index (χ0v) is 14.2. The van der Waals surface area contributed by atoms with E-state index in [1.807, 2.05) is 55.6 Å². The number of aliphatic hydroxyl groups excluding tert-OH is 1. The monoisotopic (exact) mass is 327 g/mol. The van der Waals surface area contributed by atoms with E-state index in [1.165, 1.54) is 0 Å². The summed E-state index contributed by atoms with van der Waals surface area (Å²) in [5.41, 5.74) is 3.02. The Morgan fingerprint density at radius 3 is 2.62 bits per heavy atom. The fourth-order valence-electron chi connectivity index (χ4n) is 2.37. The lowest BCUT2D eigenvalue weighted by molar-refractivity contribution is 0.258. The van der Waals surface area contributed by atoms with Crippen LogP contribution in [0.2, 0.25) is 0 Å². The highest BCUT2D eigenvalue weighted by molar-refractivity contribution is 6.23. The standard InChI is InChI=1S/C18H24BN2O3/c1-21(14-20-19-23-2)11-16-8-9-18(17(10-16)12-22)24-13-15-6-4-3-5-7-15/h3-10,20,22H,11-14H2,1-2H3. The number of benzene rings is 2. The molecule has 6 heteroatoms. The molecule has 2 aromatic rings. The van der Waals surface area contributed by atoms with E-state index in [0.29, 0.717) is 13.3 Å². The second-order valence-corrected chi connectivity index (χ2v) is 5.60. The molecule has 0 unspecified atom stereocenters. The molecule has 0 fully saturated rings. The summed E-state index contributed by atoms with van der Waals surface area (Å²) < 4.78 is 10.7. The van der Waals surface area contributed by atoms with Crippen LogP contribution in [0.25, 0.3) is 0 Å². The molecule has 0 heterocycles. The average molecular weight is 327 g/mol. The molecule has 0 saturated carbocycles. The van der Waals surface area contributed by atoms with Crippen molar-refractivity contribution < 1.29 is 14.5 Å². The van der Waals surface area contributed by atoms with E-state index in [2.05, 4.69) is 10.1 Å². The lowest BCUT2D eigenvalue weighted by Gasteiger charge is -2.18. The molecule has 0 amide bonds. The first-order valence-electron chi connectivity index (χ1n) is 7.88. The molecule has 0 bridgehead atoms. The van der Waals surface area contributed by atoms with Crippen LogP contribution in [0.15, 0.2) is 48.5 Å². The van der Waals surface area contributed by atoms with E-state index < -0.39 is 0 Å². The molecule has 2 aromatic carbocycles. The summed E-state index contributed by atoms with van der Waals surface area (Å²) in [6.45, 7) is 1.88. The fourth-order valence-corrected chi connectivity index (χ4v) is 2.37. The zero-order valence-electron chi connectivity index (χ0n) is 14.2. The first kappa shape index (κ1) is 18.5. The van der Waals surface area contributed by atoms with Crippen LogP contribution >= 0.6 is 0 Å². The summed E-state index contributed by atoms with van der Waals surface area (Å²) in [5, 5.41) is 12.7. The zero-order chi connectivity index (χ0) is 17.2. The normalized spacial score (nSPS) is 10.8. The lowest BCUT2D eigenvalue weighted by Crippen LogP contribution is -2.33. The van der Waals surface area contributed by atoms with Gasteiger partial charge in [0.1, 0.15) is 12.4 Å². The summed E-state index contributed by atoms with van der Waals surface area (Å²) in [5.74, 6) is 0.721. The maximum atomic E-state index is 9.62. The molecule has 127 valence electrons. The molecule has 0 atom stereocenters. The minimum absolute atomic E-state index is 0.0443. The van der Waals surface area contributed by atoms with Gasteiger partial charge in [0, 0.05) is 25.9 Å². The number of aliphatic hydroxyl groups is 1. The topological polar surface area (TPSA) is 54.0 Å². The van der Waals surface area contributed by atoms with Crippen LogP contribution in [0.5, 0.6) is 5.75 Å². The summed E-state index contributed by atoms with van der Waals surface area (Å²) in [6, 6.07) is 15.9. The molecule has 0 spiro atoms. The largest absolute Gasteiger partial charge is 0.489 e. The van der Waals surface area contributed by atoms with E-state index in [-0.39, 0.29) is 6.61 Å². The molecule has 0 aliphatic heterocycles. The highest BCUT2D eigenvalue weighted by Gasteiger charge is 2.07. The molecular formula is C18H24BN2O3. The SMILES string of the molecule is CO[B]NCN(C)Cc1ccc(OCc2ccccc2)c(CO)c1. The van der Waals surface area contributed by atoms with Crippen molar-refractivity contribution in [2.45, 2.75) is 19.8 Å². The van der Waals surface area contributed by atoms with Gasteiger partial charge in [0.2, 0.25) is 0 Å². The minimum Gasteiger partial charge on any atom is -0.489 e. The number of nitrogens with zero attached hydrogens (tertiary/aromatic N) is 1. The van der Waals surface area contributed by atoms with Crippen LogP contribution in [0.4, 0.5) is 0 Å². The predicted molar refractivity (Wildman–Crippen MR) is 95.4 cm³/mol. The van der Waals surface area contributed by atoms with Crippen LogP contribution in [0.1, 0.15) is 16.7 Å². The molecular weight excluding hydrogens is 303 g/mol. The summed E-state index contributed by atoms with van der Waals surface area (Å²) in [6.07, 6.45) is 0. The number of nitrogens with one attached hydrogen (secondary N) is 1. The van der Waals surface area contributed by atoms with Crippen molar-refractivity contribution >= 4 is 7.62 Å². The third-order valence-corrected chi connectivity index (χ3v) is 3.55. The van der Waals surface area contributed by atoms with Crippen LogP contribution < -0.4 is 9.96 Å². The quantitative estimate of drug-likeness (QED) is 0.397. The van der Waals surface area contributed by atoms with Gasteiger partial charge in [0.15, 0.2) is 0 Å². The first-order chi connectivity index (χ1) is 11.7. The molecule has 0 aliphatic rings. The van der Waals surface area contributed by atoms with Crippen LogP contribution in [-0.2, 0) is 24.4 Å². The van der Waals surface area contributed by atoms with Gasteiger partial charge in [-0.1, -0.05) is 36.4 Å². The molecule has 0 aromatic heterocycles. The number of ether oxygens (including phenoxy) is 1. The summed E-state index contributed by atoms with van der Waals surface area (Å²) >= 11 is 0. The second-order valence-electron chi connectivity index (χ2n) is 5.60. The van der Waals surface area contributed by atoms with Gasteiger partial charge in [-0.25, -0.2) is 0 Å². The molecule has 1 radical (unpaired) electrons. The maximum absolute atomic E-state index is 9.62. The minimum atomic E-state index is -0.0443. The van der Waals surface area contributed by atoms with Crippen molar-refractivity contribution in [1.29, 1.82) is 0 Å². The van der Waals surface area contributed by atoms with Gasteiger partial charge in [-0.3, -0.25) is 4.90 Å². The Hall–Kier alpha value is -1.86. The first-order valence-corrected chi connectivity index (χ1v) is 7.88. The second kappa shape index (κ2) is 10.1. The van der Waals surface area contributed by atoms with Crippen LogP contribution in [0.3, 0.4) is 0 Å². The van der Waals surface area contributed by atoms with Crippen molar-refractivity contribution in [1.82, 2.24) is 10.1 Å². The highest BCUT2D eigenvalue weighted by atomic mass is 16.5. The summed E-state index contributed by atoms with van der Waals surface area (Å²) in [7, 11) is 5.17. The Kier molecular flexibility index (Phi) is 7.78. The van der Waals surface area contributed by atoms with Gasteiger partial charge in [-0.2, -0.15) is 0 Å².